The highest BCUT2D eigenvalue weighted by Crippen LogP contribution is 2.19. The molecule has 0 spiro atoms. The predicted molar refractivity (Wildman–Crippen MR) is 88.0 cm³/mol. The zero-order valence-corrected chi connectivity index (χ0v) is 14.9. The normalized spacial score (nSPS) is 16.2. The van der Waals surface area contributed by atoms with Gasteiger partial charge < -0.3 is 9.64 Å². The van der Waals surface area contributed by atoms with Gasteiger partial charge in [-0.25, -0.2) is 13.2 Å². The summed E-state index contributed by atoms with van der Waals surface area (Å²) >= 11 is 0. The highest BCUT2D eigenvalue weighted by molar-refractivity contribution is 7.89. The molecule has 1 aromatic rings. The molecule has 1 amide bonds. The predicted octanol–water partition coefficient (Wildman–Crippen LogP) is 1.10. The van der Waals surface area contributed by atoms with Crippen LogP contribution in [0.1, 0.15) is 31.1 Å². The maximum atomic E-state index is 12.7. The molecule has 1 aliphatic heterocycles. The minimum absolute atomic E-state index is 0.0528. The zero-order valence-electron chi connectivity index (χ0n) is 14.1. The molecule has 7 nitrogen and oxygen atoms in total. The molecule has 0 unspecified atom stereocenters. The van der Waals surface area contributed by atoms with Crippen LogP contribution in [0.15, 0.2) is 29.2 Å². The molecule has 0 bridgehead atoms. The van der Waals surface area contributed by atoms with Crippen LogP contribution in [0.3, 0.4) is 0 Å². The molecular weight excluding hydrogens is 332 g/mol. The number of carbonyl (C=O) groups is 2. The third-order valence-electron chi connectivity index (χ3n) is 3.73. The Morgan fingerprint density at radius 2 is 1.75 bits per heavy atom. The molecule has 1 aromatic carbocycles. The van der Waals surface area contributed by atoms with Crippen molar-refractivity contribution in [2.75, 3.05) is 26.2 Å². The minimum atomic E-state index is -3.71. The van der Waals surface area contributed by atoms with Gasteiger partial charge in [0.15, 0.2) is 0 Å². The Bertz CT molecular complexity index is 722. The van der Waals surface area contributed by atoms with Crippen LogP contribution >= 0.6 is 0 Å². The maximum Gasteiger partial charge on any atom is 0.338 e. The number of rotatable bonds is 4. The Balaban J connectivity index is 2.18. The molecule has 8 heteroatoms. The van der Waals surface area contributed by atoms with E-state index in [0.29, 0.717) is 13.1 Å². The van der Waals surface area contributed by atoms with E-state index in [1.165, 1.54) is 35.5 Å². The largest absolute Gasteiger partial charge is 0.459 e. The highest BCUT2D eigenvalue weighted by atomic mass is 32.2. The third kappa shape index (κ3) is 4.12. The fraction of sp³-hybridized carbons (Fsp3) is 0.500. The average Bonchev–Trinajstić information content (AvgIpc) is 2.54. The fourth-order valence-electron chi connectivity index (χ4n) is 2.46. The third-order valence-corrected chi connectivity index (χ3v) is 5.63. The Labute approximate surface area is 142 Å². The van der Waals surface area contributed by atoms with Crippen molar-refractivity contribution in [3.05, 3.63) is 29.8 Å². The van der Waals surface area contributed by atoms with E-state index in [9.17, 15) is 18.0 Å². The lowest BCUT2D eigenvalue weighted by Gasteiger charge is -2.33. The Morgan fingerprint density at radius 1 is 1.12 bits per heavy atom. The van der Waals surface area contributed by atoms with Gasteiger partial charge in [0.2, 0.25) is 15.9 Å². The molecule has 0 N–H and O–H groups in total. The number of esters is 1. The van der Waals surface area contributed by atoms with Crippen LogP contribution < -0.4 is 0 Å². The van der Waals surface area contributed by atoms with Crippen LogP contribution in [0.4, 0.5) is 0 Å². The van der Waals surface area contributed by atoms with Gasteiger partial charge in [-0.1, -0.05) is 6.07 Å². The summed E-state index contributed by atoms with van der Waals surface area (Å²) in [4.78, 5) is 25.0. The quantitative estimate of drug-likeness (QED) is 0.756. The van der Waals surface area contributed by atoms with Gasteiger partial charge >= 0.3 is 5.97 Å². The highest BCUT2D eigenvalue weighted by Gasteiger charge is 2.29. The first-order valence-electron chi connectivity index (χ1n) is 7.78. The van der Waals surface area contributed by atoms with E-state index in [1.54, 1.807) is 18.7 Å². The van der Waals surface area contributed by atoms with Crippen LogP contribution in [0.2, 0.25) is 0 Å². The second kappa shape index (κ2) is 7.31. The van der Waals surface area contributed by atoms with Crippen molar-refractivity contribution < 1.29 is 22.7 Å². The van der Waals surface area contributed by atoms with Gasteiger partial charge in [0.25, 0.3) is 0 Å². The first-order valence-corrected chi connectivity index (χ1v) is 9.22. The Hall–Kier alpha value is -1.93. The number of carbonyl (C=O) groups excluding carboxylic acids is 2. The standard InChI is InChI=1S/C16H22N2O5S/c1-12(2)23-16(20)14-5-4-6-15(11-14)24(21,22)18-9-7-17(8-10-18)13(3)19/h4-6,11-12H,7-10H2,1-3H3. The number of nitrogens with zero attached hydrogens (tertiary/aromatic N) is 2. The van der Waals surface area contributed by atoms with Crippen LogP contribution in [-0.4, -0.2) is 61.8 Å². The van der Waals surface area contributed by atoms with E-state index >= 15 is 0 Å². The molecule has 0 radical (unpaired) electrons. The topological polar surface area (TPSA) is 84.0 Å². The second-order valence-electron chi connectivity index (χ2n) is 5.89. The van der Waals surface area contributed by atoms with Crippen molar-refractivity contribution in [2.45, 2.75) is 31.8 Å². The van der Waals surface area contributed by atoms with Gasteiger partial charge in [-0.3, -0.25) is 4.79 Å². The van der Waals surface area contributed by atoms with Crippen molar-refractivity contribution in [3.8, 4) is 0 Å². The first-order chi connectivity index (χ1) is 11.2. The van der Waals surface area contributed by atoms with Gasteiger partial charge in [0, 0.05) is 33.1 Å². The smallest absolute Gasteiger partial charge is 0.338 e. The summed E-state index contributed by atoms with van der Waals surface area (Å²) in [6, 6.07) is 5.84. The zero-order chi connectivity index (χ0) is 17.9. The van der Waals surface area contributed by atoms with Crippen LogP contribution in [0.25, 0.3) is 0 Å². The summed E-state index contributed by atoms with van der Waals surface area (Å²) < 4.78 is 31.9. The number of sulfonamides is 1. The monoisotopic (exact) mass is 354 g/mol. The summed E-state index contributed by atoms with van der Waals surface area (Å²) in [5.41, 5.74) is 0.201. The van der Waals surface area contributed by atoms with E-state index in [4.69, 9.17) is 4.74 Å². The van der Waals surface area contributed by atoms with E-state index in [-0.39, 0.29) is 35.6 Å². The summed E-state index contributed by atoms with van der Waals surface area (Å²) in [5.74, 6) is -0.617. The molecule has 1 saturated heterocycles. The summed E-state index contributed by atoms with van der Waals surface area (Å²) in [6.45, 7) is 6.13. The number of ether oxygens (including phenoxy) is 1. The molecular formula is C16H22N2O5S. The van der Waals surface area contributed by atoms with Crippen molar-refractivity contribution in [1.82, 2.24) is 9.21 Å². The SMILES string of the molecule is CC(=O)N1CCN(S(=O)(=O)c2cccc(C(=O)OC(C)C)c2)CC1. The number of benzene rings is 1. The molecule has 24 heavy (non-hydrogen) atoms. The average molecular weight is 354 g/mol. The van der Waals surface area contributed by atoms with Crippen molar-refractivity contribution in [3.63, 3.8) is 0 Å². The van der Waals surface area contributed by atoms with Gasteiger partial charge in [-0.15, -0.1) is 0 Å². The molecule has 1 aliphatic rings. The van der Waals surface area contributed by atoms with E-state index in [1.807, 2.05) is 0 Å². The van der Waals surface area contributed by atoms with Crippen molar-refractivity contribution in [2.24, 2.45) is 0 Å². The summed E-state index contributed by atoms with van der Waals surface area (Å²) in [7, 11) is -3.71. The maximum absolute atomic E-state index is 12.7. The Kier molecular flexibility index (Phi) is 5.61. The minimum Gasteiger partial charge on any atom is -0.459 e. The number of amides is 1. The summed E-state index contributed by atoms with van der Waals surface area (Å²) in [5, 5.41) is 0. The molecule has 0 aliphatic carbocycles. The molecule has 0 atom stereocenters. The van der Waals surface area contributed by atoms with Gasteiger partial charge in [-0.2, -0.15) is 4.31 Å². The summed E-state index contributed by atoms with van der Waals surface area (Å²) in [6.07, 6.45) is -0.280. The van der Waals surface area contributed by atoms with Gasteiger partial charge in [-0.05, 0) is 32.0 Å². The molecule has 132 valence electrons. The molecule has 1 fully saturated rings. The molecule has 1 heterocycles. The lowest BCUT2D eigenvalue weighted by molar-refractivity contribution is -0.129. The molecule has 0 aromatic heterocycles. The lowest BCUT2D eigenvalue weighted by Crippen LogP contribution is -2.49. The first kappa shape index (κ1) is 18.4. The fourth-order valence-corrected chi connectivity index (χ4v) is 3.93. The van der Waals surface area contributed by atoms with Crippen molar-refractivity contribution in [1.29, 1.82) is 0 Å². The van der Waals surface area contributed by atoms with E-state index in [2.05, 4.69) is 0 Å². The van der Waals surface area contributed by atoms with Gasteiger partial charge in [0.1, 0.15) is 0 Å². The molecule has 0 saturated carbocycles. The number of hydrogen-bond acceptors (Lipinski definition) is 5. The second-order valence-corrected chi connectivity index (χ2v) is 7.83. The molecule has 2 rings (SSSR count). The number of piperazine rings is 1. The van der Waals surface area contributed by atoms with Crippen LogP contribution in [0, 0.1) is 0 Å². The van der Waals surface area contributed by atoms with Crippen molar-refractivity contribution >= 4 is 21.9 Å². The number of hydrogen-bond donors (Lipinski definition) is 0. The lowest BCUT2D eigenvalue weighted by atomic mass is 10.2. The van der Waals surface area contributed by atoms with E-state index in [0.717, 1.165) is 0 Å². The van der Waals surface area contributed by atoms with Crippen LogP contribution in [-0.2, 0) is 19.6 Å². The van der Waals surface area contributed by atoms with E-state index < -0.39 is 16.0 Å². The Morgan fingerprint density at radius 3 is 2.29 bits per heavy atom. The van der Waals surface area contributed by atoms with Gasteiger partial charge in [0.05, 0.1) is 16.6 Å². The van der Waals surface area contributed by atoms with Crippen LogP contribution in [0.5, 0.6) is 0 Å².